The third-order valence-electron chi connectivity index (χ3n) is 6.50. The van der Waals surface area contributed by atoms with Crippen LogP contribution in [0.5, 0.6) is 0 Å². The molecule has 1 aromatic heterocycles. The second-order valence-electron chi connectivity index (χ2n) is 8.64. The number of carbonyl (C=O) groups excluding carboxylic acids is 1. The lowest BCUT2D eigenvalue weighted by atomic mass is 10.00. The average molecular weight is 397 g/mol. The summed E-state index contributed by atoms with van der Waals surface area (Å²) < 4.78 is 1.30. The summed E-state index contributed by atoms with van der Waals surface area (Å²) in [4.78, 5) is 28.0. The van der Waals surface area contributed by atoms with Crippen molar-refractivity contribution >= 4 is 16.7 Å². The highest BCUT2D eigenvalue weighted by atomic mass is 16.2. The van der Waals surface area contributed by atoms with Gasteiger partial charge in [0, 0.05) is 24.0 Å². The Morgan fingerprint density at radius 2 is 1.79 bits per heavy atom. The SMILES string of the molecule is Cc1nn(CC(=O)NC2CCCN(C3CCCCCC3)C2)c(=O)c2ccccc12. The van der Waals surface area contributed by atoms with Crippen molar-refractivity contribution in [2.75, 3.05) is 13.1 Å². The molecule has 29 heavy (non-hydrogen) atoms. The van der Waals surface area contributed by atoms with Crippen molar-refractivity contribution in [3.63, 3.8) is 0 Å². The second-order valence-corrected chi connectivity index (χ2v) is 8.64. The lowest BCUT2D eigenvalue weighted by molar-refractivity contribution is -0.123. The molecular formula is C23H32N4O2. The summed E-state index contributed by atoms with van der Waals surface area (Å²) in [6.07, 6.45) is 10.1. The van der Waals surface area contributed by atoms with Crippen LogP contribution < -0.4 is 10.9 Å². The number of likely N-dealkylation sites (tertiary alicyclic amines) is 1. The fourth-order valence-electron chi connectivity index (χ4n) is 5.00. The molecule has 2 heterocycles. The number of benzene rings is 1. The van der Waals surface area contributed by atoms with Gasteiger partial charge in [0.15, 0.2) is 0 Å². The van der Waals surface area contributed by atoms with Crippen LogP contribution in [0.15, 0.2) is 29.1 Å². The highest BCUT2D eigenvalue weighted by molar-refractivity contribution is 5.83. The molecule has 1 saturated heterocycles. The number of aromatic nitrogens is 2. The molecule has 6 heteroatoms. The summed E-state index contributed by atoms with van der Waals surface area (Å²) in [7, 11) is 0. The minimum Gasteiger partial charge on any atom is -0.350 e. The maximum absolute atomic E-state index is 12.7. The normalized spacial score (nSPS) is 21.8. The molecule has 2 aliphatic rings. The summed E-state index contributed by atoms with van der Waals surface area (Å²) in [6, 6.07) is 8.27. The first kappa shape index (κ1) is 20.1. The second kappa shape index (κ2) is 9.08. The van der Waals surface area contributed by atoms with E-state index in [1.165, 1.54) is 43.2 Å². The molecule has 6 nitrogen and oxygen atoms in total. The fourth-order valence-corrected chi connectivity index (χ4v) is 5.00. The lowest BCUT2D eigenvalue weighted by Gasteiger charge is -2.38. The van der Waals surface area contributed by atoms with Gasteiger partial charge in [-0.15, -0.1) is 0 Å². The van der Waals surface area contributed by atoms with Crippen LogP contribution in [0.1, 0.15) is 57.1 Å². The van der Waals surface area contributed by atoms with Crippen molar-refractivity contribution in [1.82, 2.24) is 20.0 Å². The van der Waals surface area contributed by atoms with E-state index >= 15 is 0 Å². The zero-order valence-electron chi connectivity index (χ0n) is 17.4. The molecule has 1 atom stereocenters. The molecule has 1 amide bonds. The number of nitrogens with zero attached hydrogens (tertiary/aromatic N) is 3. The Balaban J connectivity index is 1.40. The Morgan fingerprint density at radius 1 is 1.07 bits per heavy atom. The summed E-state index contributed by atoms with van der Waals surface area (Å²) in [6.45, 7) is 3.92. The van der Waals surface area contributed by atoms with Crippen LogP contribution in [0, 0.1) is 6.92 Å². The van der Waals surface area contributed by atoms with E-state index in [4.69, 9.17) is 0 Å². The predicted octanol–water partition coefficient (Wildman–Crippen LogP) is 3.01. The van der Waals surface area contributed by atoms with Crippen molar-refractivity contribution < 1.29 is 4.79 Å². The van der Waals surface area contributed by atoms with Gasteiger partial charge < -0.3 is 5.32 Å². The van der Waals surface area contributed by atoms with Crippen LogP contribution in [-0.4, -0.2) is 45.8 Å². The van der Waals surface area contributed by atoms with Gasteiger partial charge in [0.05, 0.1) is 11.1 Å². The number of hydrogen-bond donors (Lipinski definition) is 1. The van der Waals surface area contributed by atoms with Crippen molar-refractivity contribution in [1.29, 1.82) is 0 Å². The Morgan fingerprint density at radius 3 is 2.55 bits per heavy atom. The Hall–Kier alpha value is -2.21. The van der Waals surface area contributed by atoms with Gasteiger partial charge in [-0.25, -0.2) is 4.68 Å². The van der Waals surface area contributed by atoms with E-state index in [-0.39, 0.29) is 24.1 Å². The van der Waals surface area contributed by atoms with Crippen molar-refractivity contribution in [3.8, 4) is 0 Å². The van der Waals surface area contributed by atoms with Crippen molar-refractivity contribution in [2.45, 2.75) is 76.9 Å². The molecular weight excluding hydrogens is 364 g/mol. The van der Waals surface area contributed by atoms with E-state index in [0.717, 1.165) is 37.0 Å². The van der Waals surface area contributed by atoms with Crippen LogP contribution in [0.25, 0.3) is 10.8 Å². The number of hydrogen-bond acceptors (Lipinski definition) is 4. The number of amides is 1. The van der Waals surface area contributed by atoms with Gasteiger partial charge in [-0.05, 0) is 45.2 Å². The minimum atomic E-state index is -0.204. The molecule has 1 N–H and O–H groups in total. The van der Waals surface area contributed by atoms with Crippen LogP contribution in [0.2, 0.25) is 0 Å². The van der Waals surface area contributed by atoms with Crippen LogP contribution in [0.4, 0.5) is 0 Å². The van der Waals surface area contributed by atoms with Crippen LogP contribution >= 0.6 is 0 Å². The number of rotatable bonds is 4. The Labute approximate surface area is 172 Å². The lowest BCUT2D eigenvalue weighted by Crippen LogP contribution is -2.51. The monoisotopic (exact) mass is 396 g/mol. The van der Waals surface area contributed by atoms with E-state index < -0.39 is 0 Å². The molecule has 4 rings (SSSR count). The summed E-state index contributed by atoms with van der Waals surface area (Å²) in [5, 5.41) is 9.00. The van der Waals surface area contributed by atoms with E-state index in [1.807, 2.05) is 25.1 Å². The molecule has 0 spiro atoms. The van der Waals surface area contributed by atoms with Crippen molar-refractivity contribution in [3.05, 3.63) is 40.3 Å². The van der Waals surface area contributed by atoms with E-state index in [0.29, 0.717) is 11.4 Å². The van der Waals surface area contributed by atoms with E-state index in [2.05, 4.69) is 15.3 Å². The van der Waals surface area contributed by atoms with Crippen molar-refractivity contribution in [2.24, 2.45) is 0 Å². The van der Waals surface area contributed by atoms with Gasteiger partial charge in [-0.1, -0.05) is 43.9 Å². The first-order valence-corrected chi connectivity index (χ1v) is 11.1. The minimum absolute atomic E-state index is 0.0234. The zero-order chi connectivity index (χ0) is 20.2. The Kier molecular flexibility index (Phi) is 6.28. The van der Waals surface area contributed by atoms with Gasteiger partial charge in [-0.2, -0.15) is 5.10 Å². The highest BCUT2D eigenvalue weighted by Crippen LogP contribution is 2.24. The molecule has 0 radical (unpaired) electrons. The maximum atomic E-state index is 12.7. The smallest absolute Gasteiger partial charge is 0.275 e. The van der Waals surface area contributed by atoms with Gasteiger partial charge in [-0.3, -0.25) is 14.5 Å². The molecule has 0 bridgehead atoms. The third kappa shape index (κ3) is 4.69. The molecule has 1 unspecified atom stereocenters. The molecule has 1 aromatic carbocycles. The summed E-state index contributed by atoms with van der Waals surface area (Å²) in [5.41, 5.74) is 0.565. The number of piperidine rings is 1. The number of aryl methyl sites for hydroxylation is 1. The zero-order valence-corrected chi connectivity index (χ0v) is 17.4. The molecule has 2 fully saturated rings. The molecule has 1 saturated carbocycles. The summed E-state index contributed by atoms with van der Waals surface area (Å²) >= 11 is 0. The van der Waals surface area contributed by atoms with Crippen LogP contribution in [0.3, 0.4) is 0 Å². The largest absolute Gasteiger partial charge is 0.350 e. The third-order valence-corrected chi connectivity index (χ3v) is 6.50. The Bertz CT molecular complexity index is 915. The van der Waals surface area contributed by atoms with Gasteiger partial charge in [0.1, 0.15) is 6.54 Å². The van der Waals surface area contributed by atoms with Gasteiger partial charge >= 0.3 is 0 Å². The molecule has 2 aromatic rings. The predicted molar refractivity (Wildman–Crippen MR) is 115 cm³/mol. The first-order valence-electron chi connectivity index (χ1n) is 11.1. The number of fused-ring (bicyclic) bond motifs is 1. The number of carbonyl (C=O) groups is 1. The maximum Gasteiger partial charge on any atom is 0.275 e. The molecule has 156 valence electrons. The standard InChI is InChI=1S/C23H32N4O2/c1-17-20-12-6-7-13-21(20)23(29)27(25-17)16-22(28)24-18-9-8-14-26(15-18)19-10-4-2-3-5-11-19/h6-7,12-13,18-19H,2-5,8-11,14-16H2,1H3,(H,24,28). The molecule has 1 aliphatic carbocycles. The fraction of sp³-hybridized carbons (Fsp3) is 0.609. The molecule has 1 aliphatic heterocycles. The quantitative estimate of drug-likeness (QED) is 0.807. The van der Waals surface area contributed by atoms with E-state index in [9.17, 15) is 9.59 Å². The van der Waals surface area contributed by atoms with E-state index in [1.54, 1.807) is 6.07 Å². The van der Waals surface area contributed by atoms with Gasteiger partial charge in [0.25, 0.3) is 5.56 Å². The highest BCUT2D eigenvalue weighted by Gasteiger charge is 2.27. The van der Waals surface area contributed by atoms with Crippen LogP contribution in [-0.2, 0) is 11.3 Å². The number of nitrogens with one attached hydrogen (secondary N) is 1. The van der Waals surface area contributed by atoms with Gasteiger partial charge in [0.2, 0.25) is 5.91 Å². The first-order chi connectivity index (χ1) is 14.1. The average Bonchev–Trinajstić information content (AvgIpc) is 3.02. The summed E-state index contributed by atoms with van der Waals surface area (Å²) in [5.74, 6) is -0.123. The topological polar surface area (TPSA) is 67.2 Å².